The second kappa shape index (κ2) is 8.27. The summed E-state index contributed by atoms with van der Waals surface area (Å²) >= 11 is 0. The van der Waals surface area contributed by atoms with E-state index in [-0.39, 0.29) is 36.3 Å². The molecule has 148 valence electrons. The molecule has 1 aliphatic heterocycles. The van der Waals surface area contributed by atoms with Gasteiger partial charge in [0.05, 0.1) is 5.92 Å². The molecule has 1 aliphatic carbocycles. The van der Waals surface area contributed by atoms with Crippen LogP contribution in [0.2, 0.25) is 0 Å². The monoisotopic (exact) mass is 368 g/mol. The predicted octanol–water partition coefficient (Wildman–Crippen LogP) is 2.64. The van der Waals surface area contributed by atoms with Gasteiger partial charge in [0.2, 0.25) is 5.91 Å². The highest BCUT2D eigenvalue weighted by Gasteiger charge is 2.39. The number of carbonyl (C=O) groups is 3. The van der Waals surface area contributed by atoms with Gasteiger partial charge in [-0.3, -0.25) is 9.59 Å². The van der Waals surface area contributed by atoms with E-state index in [4.69, 9.17) is 4.74 Å². The lowest BCUT2D eigenvalue weighted by Crippen LogP contribution is -2.48. The van der Waals surface area contributed by atoms with E-state index in [2.05, 4.69) is 5.32 Å². The molecule has 2 N–H and O–H groups in total. The van der Waals surface area contributed by atoms with Gasteiger partial charge in [-0.2, -0.15) is 0 Å². The maximum absolute atomic E-state index is 12.2. The average Bonchev–Trinajstić information content (AvgIpc) is 2.47. The van der Waals surface area contributed by atoms with Gasteiger partial charge < -0.3 is 20.1 Å². The Kier molecular flexibility index (Phi) is 6.53. The van der Waals surface area contributed by atoms with Crippen LogP contribution >= 0.6 is 0 Å². The van der Waals surface area contributed by atoms with Crippen molar-refractivity contribution < 1.29 is 24.2 Å². The minimum absolute atomic E-state index is 0.00567. The minimum atomic E-state index is -0.934. The van der Waals surface area contributed by atoms with Gasteiger partial charge in [0.25, 0.3) is 0 Å². The van der Waals surface area contributed by atoms with Crippen molar-refractivity contribution in [2.45, 2.75) is 71.4 Å². The molecule has 2 fully saturated rings. The molecule has 2 rings (SSSR count). The zero-order chi connectivity index (χ0) is 19.5. The molecule has 1 saturated heterocycles. The summed E-state index contributed by atoms with van der Waals surface area (Å²) < 4.78 is 5.40. The largest absolute Gasteiger partial charge is 0.481 e. The lowest BCUT2D eigenvalue weighted by Gasteiger charge is -2.39. The molecule has 1 saturated carbocycles. The highest BCUT2D eigenvalue weighted by atomic mass is 16.6. The van der Waals surface area contributed by atoms with Gasteiger partial charge in [-0.25, -0.2) is 4.79 Å². The summed E-state index contributed by atoms with van der Waals surface area (Å²) in [7, 11) is 0. The van der Waals surface area contributed by atoms with Gasteiger partial charge >= 0.3 is 12.1 Å². The smallest absolute Gasteiger partial charge is 0.410 e. The van der Waals surface area contributed by atoms with Crippen molar-refractivity contribution in [1.82, 2.24) is 10.2 Å². The van der Waals surface area contributed by atoms with E-state index in [1.807, 2.05) is 27.7 Å². The number of likely N-dealkylation sites (tertiary alicyclic amines) is 1. The fraction of sp³-hybridized carbons (Fsp3) is 0.842. The third kappa shape index (κ3) is 5.61. The van der Waals surface area contributed by atoms with Crippen molar-refractivity contribution in [2.24, 2.45) is 17.8 Å². The molecule has 7 heteroatoms. The highest BCUT2D eigenvalue weighted by molar-refractivity contribution is 5.82. The number of nitrogens with one attached hydrogen (secondary N) is 1. The van der Waals surface area contributed by atoms with Crippen molar-refractivity contribution in [1.29, 1.82) is 0 Å². The molecule has 2 amide bonds. The second-order valence-corrected chi connectivity index (χ2v) is 8.70. The molecule has 0 aromatic carbocycles. The van der Waals surface area contributed by atoms with Crippen LogP contribution in [0.4, 0.5) is 4.79 Å². The van der Waals surface area contributed by atoms with Crippen LogP contribution in [0.1, 0.15) is 59.8 Å². The lowest BCUT2D eigenvalue weighted by molar-refractivity contribution is -0.148. The molecule has 3 atom stereocenters. The van der Waals surface area contributed by atoms with Crippen molar-refractivity contribution >= 4 is 18.0 Å². The molecule has 0 aromatic rings. The summed E-state index contributed by atoms with van der Waals surface area (Å²) in [5.74, 6) is -1.96. The number of nitrogens with zero attached hydrogens (tertiary/aromatic N) is 1. The van der Waals surface area contributed by atoms with Crippen molar-refractivity contribution in [2.75, 3.05) is 13.1 Å². The van der Waals surface area contributed by atoms with E-state index in [1.165, 1.54) is 0 Å². The topological polar surface area (TPSA) is 95.9 Å². The van der Waals surface area contributed by atoms with Crippen LogP contribution in [0.15, 0.2) is 0 Å². The van der Waals surface area contributed by atoms with Crippen LogP contribution in [0.25, 0.3) is 0 Å². The van der Waals surface area contributed by atoms with Crippen LogP contribution in [0.3, 0.4) is 0 Å². The Hall–Kier alpha value is -1.79. The minimum Gasteiger partial charge on any atom is -0.481 e. The van der Waals surface area contributed by atoms with Gasteiger partial charge in [-0.1, -0.05) is 6.92 Å². The lowest BCUT2D eigenvalue weighted by atomic mass is 9.76. The Labute approximate surface area is 155 Å². The van der Waals surface area contributed by atoms with E-state index >= 15 is 0 Å². The summed E-state index contributed by atoms with van der Waals surface area (Å²) in [6.45, 7) is 8.32. The van der Waals surface area contributed by atoms with Gasteiger partial charge in [-0.15, -0.1) is 0 Å². The van der Waals surface area contributed by atoms with Crippen LogP contribution in [0, 0.1) is 17.8 Å². The van der Waals surface area contributed by atoms with Crippen molar-refractivity contribution in [3.05, 3.63) is 0 Å². The summed E-state index contributed by atoms with van der Waals surface area (Å²) in [5.41, 5.74) is -0.555. The third-order valence-electron chi connectivity index (χ3n) is 5.33. The van der Waals surface area contributed by atoms with Crippen LogP contribution < -0.4 is 5.32 Å². The summed E-state index contributed by atoms with van der Waals surface area (Å²) in [5, 5.41) is 12.6. The normalized spacial score (nSPS) is 25.2. The van der Waals surface area contributed by atoms with Gasteiger partial charge in [-0.05, 0) is 58.3 Å². The van der Waals surface area contributed by atoms with E-state index in [0.717, 1.165) is 19.3 Å². The number of carboxylic acid groups (broad SMARTS) is 1. The molecular weight excluding hydrogens is 336 g/mol. The number of ether oxygens (including phenoxy) is 1. The number of rotatable bonds is 5. The van der Waals surface area contributed by atoms with Gasteiger partial charge in [0, 0.05) is 25.6 Å². The Morgan fingerprint density at radius 1 is 1.23 bits per heavy atom. The Bertz CT molecular complexity index is 539. The SMILES string of the molecule is CC1CN(C(=O)OC(C)(C)C)CCC1C(CC(=O)NC1CCC1)C(=O)O. The molecule has 26 heavy (non-hydrogen) atoms. The zero-order valence-corrected chi connectivity index (χ0v) is 16.3. The van der Waals surface area contributed by atoms with E-state index in [1.54, 1.807) is 4.90 Å². The average molecular weight is 368 g/mol. The zero-order valence-electron chi connectivity index (χ0n) is 16.3. The van der Waals surface area contributed by atoms with Crippen molar-refractivity contribution in [3.8, 4) is 0 Å². The first-order valence-corrected chi connectivity index (χ1v) is 9.57. The fourth-order valence-electron chi connectivity index (χ4n) is 3.71. The van der Waals surface area contributed by atoms with Crippen LogP contribution in [0.5, 0.6) is 0 Å². The molecule has 0 bridgehead atoms. The number of aliphatic carboxylic acids is 1. The first-order chi connectivity index (χ1) is 12.1. The number of hydrogen-bond acceptors (Lipinski definition) is 4. The van der Waals surface area contributed by atoms with Crippen molar-refractivity contribution in [3.63, 3.8) is 0 Å². The molecule has 0 radical (unpaired) electrons. The molecule has 0 aromatic heterocycles. The molecule has 0 spiro atoms. The summed E-state index contributed by atoms with van der Waals surface area (Å²) in [6.07, 6.45) is 3.29. The first-order valence-electron chi connectivity index (χ1n) is 9.57. The number of hydrogen-bond donors (Lipinski definition) is 2. The Balaban J connectivity index is 1.92. The van der Waals surface area contributed by atoms with Gasteiger partial charge in [0.15, 0.2) is 0 Å². The third-order valence-corrected chi connectivity index (χ3v) is 5.33. The number of piperidine rings is 1. The van der Waals surface area contributed by atoms with Crippen LogP contribution in [-0.4, -0.2) is 52.7 Å². The second-order valence-electron chi connectivity index (χ2n) is 8.70. The van der Waals surface area contributed by atoms with Gasteiger partial charge in [0.1, 0.15) is 5.60 Å². The van der Waals surface area contributed by atoms with E-state index < -0.39 is 17.5 Å². The maximum atomic E-state index is 12.2. The summed E-state index contributed by atoms with van der Waals surface area (Å²) in [4.78, 5) is 37.8. The Morgan fingerprint density at radius 3 is 2.35 bits per heavy atom. The molecule has 3 unspecified atom stereocenters. The van der Waals surface area contributed by atoms with Crippen LogP contribution in [-0.2, 0) is 14.3 Å². The molecule has 2 aliphatic rings. The van der Waals surface area contributed by atoms with E-state index in [9.17, 15) is 19.5 Å². The highest BCUT2D eigenvalue weighted by Crippen LogP contribution is 2.33. The van der Waals surface area contributed by atoms with E-state index in [0.29, 0.717) is 19.5 Å². The maximum Gasteiger partial charge on any atom is 0.410 e. The molecular formula is C19H32N2O5. The summed E-state index contributed by atoms with van der Waals surface area (Å²) in [6, 6.07) is 0.211. The fourth-order valence-corrected chi connectivity index (χ4v) is 3.71. The quantitative estimate of drug-likeness (QED) is 0.778. The standard InChI is InChI=1S/C19H32N2O5/c1-12-11-21(18(25)26-19(2,3)4)9-8-14(12)15(17(23)24)10-16(22)20-13-6-5-7-13/h12-15H,5-11H2,1-4H3,(H,20,22)(H,23,24). The first kappa shape index (κ1) is 20.5. The molecule has 1 heterocycles. The number of carbonyl (C=O) groups excluding carboxylic acids is 2. The molecule has 7 nitrogen and oxygen atoms in total. The number of carboxylic acids is 1. The predicted molar refractivity (Wildman–Crippen MR) is 96.6 cm³/mol. The Morgan fingerprint density at radius 2 is 1.88 bits per heavy atom. The number of amides is 2.